The molecule has 2 heterocycles. The number of amides is 2. The standard InChI is InChI=1S/C18H21ClF3N3O2/c19-14-4-3-13(18(20,21)22)9-15(14)23-16(26)11-24-8-5-12(10-24)17(27)25-6-1-2-7-25/h3-4,9,12H,1-2,5-8,10-11H2,(H,23,26). The van der Waals surface area contributed by atoms with Crippen molar-refractivity contribution in [1.82, 2.24) is 9.80 Å². The van der Waals surface area contributed by atoms with Crippen molar-refractivity contribution in [2.24, 2.45) is 5.92 Å². The first kappa shape index (κ1) is 19.9. The van der Waals surface area contributed by atoms with E-state index in [1.807, 2.05) is 9.80 Å². The van der Waals surface area contributed by atoms with Crippen molar-refractivity contribution in [3.8, 4) is 0 Å². The van der Waals surface area contributed by atoms with Gasteiger partial charge in [-0.05, 0) is 44.0 Å². The highest BCUT2D eigenvalue weighted by atomic mass is 35.5. The molecule has 5 nitrogen and oxygen atoms in total. The van der Waals surface area contributed by atoms with Crippen LogP contribution in [0.3, 0.4) is 0 Å². The monoisotopic (exact) mass is 403 g/mol. The number of nitrogens with one attached hydrogen (secondary N) is 1. The molecule has 148 valence electrons. The van der Waals surface area contributed by atoms with E-state index in [4.69, 9.17) is 11.6 Å². The second-order valence-electron chi connectivity index (χ2n) is 6.99. The third-order valence-corrected chi connectivity index (χ3v) is 5.30. The van der Waals surface area contributed by atoms with E-state index in [9.17, 15) is 22.8 Å². The van der Waals surface area contributed by atoms with E-state index in [-0.39, 0.29) is 29.1 Å². The topological polar surface area (TPSA) is 52.7 Å². The normalized spacial score (nSPS) is 20.9. The summed E-state index contributed by atoms with van der Waals surface area (Å²) in [5, 5.41) is 2.48. The molecule has 2 aliphatic rings. The highest BCUT2D eigenvalue weighted by Crippen LogP contribution is 2.33. The number of anilines is 1. The van der Waals surface area contributed by atoms with Crippen LogP contribution in [0.2, 0.25) is 5.02 Å². The molecule has 3 rings (SSSR count). The summed E-state index contributed by atoms with van der Waals surface area (Å²) in [5.41, 5.74) is -0.944. The van der Waals surface area contributed by atoms with Gasteiger partial charge in [0.1, 0.15) is 0 Å². The number of nitrogens with zero attached hydrogens (tertiary/aromatic N) is 2. The molecular weight excluding hydrogens is 383 g/mol. The molecular formula is C18H21ClF3N3O2. The zero-order valence-corrected chi connectivity index (χ0v) is 15.4. The minimum absolute atomic E-state index is 0.0103. The number of carbonyl (C=O) groups is 2. The van der Waals surface area contributed by atoms with Crippen LogP contribution in [0.5, 0.6) is 0 Å². The van der Waals surface area contributed by atoms with Crippen molar-refractivity contribution < 1.29 is 22.8 Å². The molecule has 0 spiro atoms. The first-order valence-corrected chi connectivity index (χ1v) is 9.29. The lowest BCUT2D eigenvalue weighted by atomic mass is 10.1. The van der Waals surface area contributed by atoms with Crippen LogP contribution < -0.4 is 5.32 Å². The number of carbonyl (C=O) groups excluding carboxylic acids is 2. The number of halogens is 4. The first-order valence-electron chi connectivity index (χ1n) is 8.92. The fourth-order valence-electron chi connectivity index (χ4n) is 3.56. The molecule has 0 radical (unpaired) electrons. The number of rotatable bonds is 4. The lowest BCUT2D eigenvalue weighted by molar-refractivity contribution is -0.137. The Hall–Kier alpha value is -1.80. The van der Waals surface area contributed by atoms with Gasteiger partial charge in [-0.15, -0.1) is 0 Å². The van der Waals surface area contributed by atoms with Gasteiger partial charge in [0.2, 0.25) is 11.8 Å². The van der Waals surface area contributed by atoms with Gasteiger partial charge in [0, 0.05) is 19.6 Å². The fourth-order valence-corrected chi connectivity index (χ4v) is 3.73. The Morgan fingerprint density at radius 2 is 1.89 bits per heavy atom. The van der Waals surface area contributed by atoms with Crippen LogP contribution >= 0.6 is 11.6 Å². The SMILES string of the molecule is O=C(CN1CCC(C(=O)N2CCCC2)C1)Nc1cc(C(F)(F)F)ccc1Cl. The van der Waals surface area contributed by atoms with Gasteiger partial charge in [-0.3, -0.25) is 14.5 Å². The molecule has 0 aliphatic carbocycles. The molecule has 2 aliphatic heterocycles. The van der Waals surface area contributed by atoms with E-state index < -0.39 is 17.6 Å². The van der Waals surface area contributed by atoms with Gasteiger partial charge in [0.15, 0.2) is 0 Å². The van der Waals surface area contributed by atoms with Gasteiger partial charge in [0.25, 0.3) is 0 Å². The van der Waals surface area contributed by atoms with Crippen molar-refractivity contribution >= 4 is 29.1 Å². The maximum Gasteiger partial charge on any atom is 0.416 e. The Balaban J connectivity index is 1.55. The summed E-state index contributed by atoms with van der Waals surface area (Å²) in [6, 6.07) is 2.80. The first-order chi connectivity index (χ1) is 12.7. The highest BCUT2D eigenvalue weighted by molar-refractivity contribution is 6.33. The summed E-state index contributed by atoms with van der Waals surface area (Å²) in [7, 11) is 0. The molecule has 1 aromatic carbocycles. The van der Waals surface area contributed by atoms with Crippen molar-refractivity contribution in [3.05, 3.63) is 28.8 Å². The second kappa shape index (κ2) is 8.06. The minimum Gasteiger partial charge on any atom is -0.342 e. The number of benzene rings is 1. The van der Waals surface area contributed by atoms with Gasteiger partial charge < -0.3 is 10.2 Å². The molecule has 0 saturated carbocycles. The third-order valence-electron chi connectivity index (χ3n) is 4.97. The predicted octanol–water partition coefficient (Wildman–Crippen LogP) is 3.24. The van der Waals surface area contributed by atoms with Gasteiger partial charge in [-0.2, -0.15) is 13.2 Å². The Morgan fingerprint density at radius 1 is 1.19 bits per heavy atom. The van der Waals surface area contributed by atoms with Crippen molar-refractivity contribution in [2.45, 2.75) is 25.4 Å². The Labute approximate surface area is 160 Å². The molecule has 2 fully saturated rings. The van der Waals surface area contributed by atoms with Crippen molar-refractivity contribution in [2.75, 3.05) is 38.0 Å². The molecule has 1 unspecified atom stereocenters. The molecule has 0 aromatic heterocycles. The lowest BCUT2D eigenvalue weighted by Gasteiger charge is -2.20. The van der Waals surface area contributed by atoms with E-state index in [0.717, 1.165) is 44.1 Å². The molecule has 1 aromatic rings. The van der Waals surface area contributed by atoms with E-state index >= 15 is 0 Å². The number of hydrogen-bond donors (Lipinski definition) is 1. The van der Waals surface area contributed by atoms with Crippen LogP contribution in [-0.4, -0.2) is 54.3 Å². The summed E-state index contributed by atoms with van der Waals surface area (Å²) in [6.07, 6.45) is -1.76. The number of hydrogen-bond acceptors (Lipinski definition) is 3. The van der Waals surface area contributed by atoms with Crippen LogP contribution in [0.15, 0.2) is 18.2 Å². The van der Waals surface area contributed by atoms with Crippen molar-refractivity contribution in [1.29, 1.82) is 0 Å². The van der Waals surface area contributed by atoms with Gasteiger partial charge in [-0.25, -0.2) is 0 Å². The Kier molecular flexibility index (Phi) is 5.95. The highest BCUT2D eigenvalue weighted by Gasteiger charge is 2.33. The maximum absolute atomic E-state index is 12.8. The van der Waals surface area contributed by atoms with Crippen LogP contribution in [-0.2, 0) is 15.8 Å². The van der Waals surface area contributed by atoms with E-state index in [1.54, 1.807) is 0 Å². The van der Waals surface area contributed by atoms with E-state index in [2.05, 4.69) is 5.32 Å². The number of alkyl halides is 3. The number of likely N-dealkylation sites (tertiary alicyclic amines) is 2. The van der Waals surface area contributed by atoms with Gasteiger partial charge in [-0.1, -0.05) is 11.6 Å². The third kappa shape index (κ3) is 4.93. The minimum atomic E-state index is -4.51. The summed E-state index contributed by atoms with van der Waals surface area (Å²) >= 11 is 5.90. The van der Waals surface area contributed by atoms with Crippen LogP contribution in [0.4, 0.5) is 18.9 Å². The second-order valence-corrected chi connectivity index (χ2v) is 7.40. The average molecular weight is 404 g/mol. The van der Waals surface area contributed by atoms with E-state index in [1.165, 1.54) is 0 Å². The van der Waals surface area contributed by atoms with Gasteiger partial charge >= 0.3 is 6.18 Å². The van der Waals surface area contributed by atoms with Crippen LogP contribution in [0, 0.1) is 5.92 Å². The zero-order valence-electron chi connectivity index (χ0n) is 14.7. The summed E-state index contributed by atoms with van der Waals surface area (Å²) in [5.74, 6) is -0.435. The quantitative estimate of drug-likeness (QED) is 0.839. The molecule has 2 amide bonds. The molecule has 2 saturated heterocycles. The predicted molar refractivity (Wildman–Crippen MR) is 95.4 cm³/mol. The molecule has 0 bridgehead atoms. The molecule has 1 N–H and O–H groups in total. The molecule has 27 heavy (non-hydrogen) atoms. The average Bonchev–Trinajstić information content (AvgIpc) is 3.27. The lowest BCUT2D eigenvalue weighted by Crippen LogP contribution is -2.37. The summed E-state index contributed by atoms with van der Waals surface area (Å²) in [6.45, 7) is 2.69. The zero-order chi connectivity index (χ0) is 19.6. The summed E-state index contributed by atoms with van der Waals surface area (Å²) in [4.78, 5) is 28.4. The van der Waals surface area contributed by atoms with Crippen molar-refractivity contribution in [3.63, 3.8) is 0 Å². The van der Waals surface area contributed by atoms with E-state index in [0.29, 0.717) is 19.5 Å². The fraction of sp³-hybridized carbons (Fsp3) is 0.556. The van der Waals surface area contributed by atoms with Gasteiger partial charge in [0.05, 0.1) is 28.7 Å². The molecule has 9 heteroatoms. The smallest absolute Gasteiger partial charge is 0.342 e. The maximum atomic E-state index is 12.8. The Morgan fingerprint density at radius 3 is 2.56 bits per heavy atom. The Bertz CT molecular complexity index is 720. The molecule has 1 atom stereocenters. The largest absolute Gasteiger partial charge is 0.416 e. The summed E-state index contributed by atoms with van der Waals surface area (Å²) < 4.78 is 38.4. The van der Waals surface area contributed by atoms with Crippen LogP contribution in [0.1, 0.15) is 24.8 Å². The van der Waals surface area contributed by atoms with Crippen LogP contribution in [0.25, 0.3) is 0 Å².